The highest BCUT2D eigenvalue weighted by atomic mass is 35.5. The molecule has 0 saturated heterocycles. The Morgan fingerprint density at radius 3 is 2.65 bits per heavy atom. The van der Waals surface area contributed by atoms with E-state index >= 15 is 0 Å². The van der Waals surface area contributed by atoms with Gasteiger partial charge in [0.05, 0.1) is 0 Å². The lowest BCUT2D eigenvalue weighted by molar-refractivity contribution is -0.123. The second-order valence-electron chi connectivity index (χ2n) is 5.85. The molecule has 4 heteroatoms. The van der Waals surface area contributed by atoms with Crippen LogP contribution in [-0.2, 0) is 11.3 Å². The number of carbonyl (C=O) groups excluding carboxylic acids is 1. The zero-order valence-corrected chi connectivity index (χ0v) is 14.5. The molecular formula is C19H22ClNO2. The molecule has 2 aromatic rings. The van der Waals surface area contributed by atoms with E-state index in [0.717, 1.165) is 22.4 Å². The minimum atomic E-state index is -0.166. The first-order chi connectivity index (χ1) is 11.0. The number of nitrogens with one attached hydrogen (secondary N) is 1. The highest BCUT2D eigenvalue weighted by Crippen LogP contribution is 2.27. The predicted octanol–water partition coefficient (Wildman–Crippen LogP) is 4.47. The number of hydrogen-bond acceptors (Lipinski definition) is 2. The van der Waals surface area contributed by atoms with Crippen LogP contribution >= 0.6 is 11.6 Å². The average Bonchev–Trinajstić information content (AvgIpc) is 2.52. The van der Waals surface area contributed by atoms with Gasteiger partial charge in [-0.05, 0) is 41.7 Å². The van der Waals surface area contributed by atoms with Gasteiger partial charge in [0, 0.05) is 11.6 Å². The van der Waals surface area contributed by atoms with Crippen LogP contribution in [0.3, 0.4) is 0 Å². The Balaban J connectivity index is 1.92. The molecule has 0 aliphatic carbocycles. The molecule has 1 amide bonds. The third-order valence-corrected chi connectivity index (χ3v) is 3.95. The summed E-state index contributed by atoms with van der Waals surface area (Å²) in [5.74, 6) is 0.950. The van der Waals surface area contributed by atoms with Gasteiger partial charge in [-0.25, -0.2) is 0 Å². The number of carbonyl (C=O) groups is 1. The third kappa shape index (κ3) is 5.00. The van der Waals surface area contributed by atoms with Crippen molar-refractivity contribution in [2.45, 2.75) is 33.2 Å². The van der Waals surface area contributed by atoms with Crippen LogP contribution in [0.25, 0.3) is 0 Å². The smallest absolute Gasteiger partial charge is 0.258 e. The Kier molecular flexibility index (Phi) is 6.05. The van der Waals surface area contributed by atoms with E-state index in [1.165, 1.54) is 0 Å². The molecule has 0 aromatic heterocycles. The van der Waals surface area contributed by atoms with Gasteiger partial charge < -0.3 is 10.1 Å². The van der Waals surface area contributed by atoms with Crippen molar-refractivity contribution in [3.8, 4) is 5.75 Å². The maximum absolute atomic E-state index is 12.0. The van der Waals surface area contributed by atoms with E-state index in [4.69, 9.17) is 16.3 Å². The number of aryl methyl sites for hydroxylation is 1. The second kappa shape index (κ2) is 8.02. The minimum Gasteiger partial charge on any atom is -0.483 e. The van der Waals surface area contributed by atoms with Crippen LogP contribution in [-0.4, -0.2) is 12.5 Å². The summed E-state index contributed by atoms with van der Waals surface area (Å²) in [7, 11) is 0. The molecule has 0 saturated carbocycles. The Bertz CT molecular complexity index is 683. The zero-order chi connectivity index (χ0) is 16.8. The Morgan fingerprint density at radius 1 is 1.22 bits per heavy atom. The van der Waals surface area contributed by atoms with Crippen LogP contribution in [0.1, 0.15) is 36.5 Å². The molecule has 0 fully saturated rings. The third-order valence-electron chi connectivity index (χ3n) is 3.58. The monoisotopic (exact) mass is 331 g/mol. The lowest BCUT2D eigenvalue weighted by Crippen LogP contribution is -2.28. The van der Waals surface area contributed by atoms with Crippen molar-refractivity contribution in [2.75, 3.05) is 6.61 Å². The van der Waals surface area contributed by atoms with Crippen molar-refractivity contribution < 1.29 is 9.53 Å². The molecule has 0 bridgehead atoms. The first-order valence-electron chi connectivity index (χ1n) is 7.71. The summed E-state index contributed by atoms with van der Waals surface area (Å²) in [5.41, 5.74) is 3.11. The standard InChI is InChI=1S/C19H22ClNO2/c1-13(2)16-9-8-14(3)10-18(16)23-12-19(22)21-11-15-6-4-5-7-17(15)20/h4-10,13H,11-12H2,1-3H3,(H,21,22). The molecule has 122 valence electrons. The van der Waals surface area contributed by atoms with Gasteiger partial charge >= 0.3 is 0 Å². The number of halogens is 1. The maximum atomic E-state index is 12.0. The molecule has 2 aromatic carbocycles. The molecule has 2 rings (SSSR count). The summed E-state index contributed by atoms with van der Waals surface area (Å²) in [6, 6.07) is 13.5. The fourth-order valence-electron chi connectivity index (χ4n) is 2.27. The molecular weight excluding hydrogens is 310 g/mol. The molecule has 3 nitrogen and oxygen atoms in total. The van der Waals surface area contributed by atoms with Crippen molar-refractivity contribution in [3.05, 3.63) is 64.2 Å². The number of hydrogen-bond donors (Lipinski definition) is 1. The SMILES string of the molecule is Cc1ccc(C(C)C)c(OCC(=O)NCc2ccccc2Cl)c1. The first-order valence-corrected chi connectivity index (χ1v) is 8.08. The van der Waals surface area contributed by atoms with Gasteiger partial charge in [0.15, 0.2) is 6.61 Å². The fraction of sp³-hybridized carbons (Fsp3) is 0.316. The van der Waals surface area contributed by atoms with Gasteiger partial charge in [-0.1, -0.05) is 55.8 Å². The van der Waals surface area contributed by atoms with Crippen LogP contribution in [0.4, 0.5) is 0 Å². The molecule has 0 spiro atoms. The summed E-state index contributed by atoms with van der Waals surface area (Å²) >= 11 is 6.07. The van der Waals surface area contributed by atoms with Crippen LogP contribution in [0, 0.1) is 6.92 Å². The molecule has 1 N–H and O–H groups in total. The van der Waals surface area contributed by atoms with Crippen LogP contribution in [0.5, 0.6) is 5.75 Å². The van der Waals surface area contributed by atoms with E-state index in [-0.39, 0.29) is 12.5 Å². The van der Waals surface area contributed by atoms with Crippen LogP contribution in [0.15, 0.2) is 42.5 Å². The van der Waals surface area contributed by atoms with Gasteiger partial charge in [0.1, 0.15) is 5.75 Å². The Hall–Kier alpha value is -2.00. The first kappa shape index (κ1) is 17.4. The van der Waals surface area contributed by atoms with E-state index in [2.05, 4.69) is 31.3 Å². The topological polar surface area (TPSA) is 38.3 Å². The normalized spacial score (nSPS) is 10.7. The number of rotatable bonds is 6. The second-order valence-corrected chi connectivity index (χ2v) is 6.26. The largest absolute Gasteiger partial charge is 0.483 e. The summed E-state index contributed by atoms with van der Waals surface area (Å²) < 4.78 is 5.71. The highest BCUT2D eigenvalue weighted by molar-refractivity contribution is 6.31. The molecule has 0 aliphatic rings. The molecule has 0 radical (unpaired) electrons. The summed E-state index contributed by atoms with van der Waals surface area (Å²) in [6.07, 6.45) is 0. The van der Waals surface area contributed by atoms with Crippen molar-refractivity contribution in [2.24, 2.45) is 0 Å². The van der Waals surface area contributed by atoms with Gasteiger partial charge in [-0.2, -0.15) is 0 Å². The van der Waals surface area contributed by atoms with Gasteiger partial charge in [0.2, 0.25) is 0 Å². The highest BCUT2D eigenvalue weighted by Gasteiger charge is 2.10. The Morgan fingerprint density at radius 2 is 1.96 bits per heavy atom. The Labute approximate surface area is 142 Å². The zero-order valence-electron chi connectivity index (χ0n) is 13.7. The lowest BCUT2D eigenvalue weighted by atomic mass is 10.0. The van der Waals surface area contributed by atoms with Gasteiger partial charge in [0.25, 0.3) is 5.91 Å². The number of benzene rings is 2. The number of ether oxygens (including phenoxy) is 1. The van der Waals surface area contributed by atoms with Crippen LogP contribution < -0.4 is 10.1 Å². The average molecular weight is 332 g/mol. The van der Waals surface area contributed by atoms with Crippen LogP contribution in [0.2, 0.25) is 5.02 Å². The van der Waals surface area contributed by atoms with Crippen molar-refractivity contribution in [3.63, 3.8) is 0 Å². The van der Waals surface area contributed by atoms with Crippen molar-refractivity contribution >= 4 is 17.5 Å². The van der Waals surface area contributed by atoms with E-state index < -0.39 is 0 Å². The minimum absolute atomic E-state index is 0.00632. The lowest BCUT2D eigenvalue weighted by Gasteiger charge is -2.15. The van der Waals surface area contributed by atoms with E-state index in [9.17, 15) is 4.79 Å². The molecule has 0 atom stereocenters. The maximum Gasteiger partial charge on any atom is 0.258 e. The number of amides is 1. The fourth-order valence-corrected chi connectivity index (χ4v) is 2.48. The van der Waals surface area contributed by atoms with Gasteiger partial charge in [-0.3, -0.25) is 4.79 Å². The quantitative estimate of drug-likeness (QED) is 0.848. The summed E-state index contributed by atoms with van der Waals surface area (Å²) in [6.45, 7) is 6.61. The molecule has 0 unspecified atom stereocenters. The molecule has 0 heterocycles. The van der Waals surface area contributed by atoms with Crippen molar-refractivity contribution in [1.82, 2.24) is 5.32 Å². The summed E-state index contributed by atoms with van der Waals surface area (Å²) in [5, 5.41) is 3.47. The van der Waals surface area contributed by atoms with E-state index in [1.54, 1.807) is 6.07 Å². The summed E-state index contributed by atoms with van der Waals surface area (Å²) in [4.78, 5) is 12.0. The van der Waals surface area contributed by atoms with E-state index in [0.29, 0.717) is 17.5 Å². The molecule has 23 heavy (non-hydrogen) atoms. The van der Waals surface area contributed by atoms with Gasteiger partial charge in [-0.15, -0.1) is 0 Å². The molecule has 0 aliphatic heterocycles. The predicted molar refractivity (Wildman–Crippen MR) is 94.1 cm³/mol. The van der Waals surface area contributed by atoms with Crippen molar-refractivity contribution in [1.29, 1.82) is 0 Å². The van der Waals surface area contributed by atoms with E-state index in [1.807, 2.05) is 31.2 Å².